The molecule has 17 heteroatoms. The molecule has 5 fully saturated rings. The van der Waals surface area contributed by atoms with Gasteiger partial charge in [0.25, 0.3) is 0 Å². The van der Waals surface area contributed by atoms with Gasteiger partial charge in [-0.05, 0) is 38.0 Å². The summed E-state index contributed by atoms with van der Waals surface area (Å²) in [7, 11) is 0. The fourth-order valence-electron chi connectivity index (χ4n) is 6.51. The van der Waals surface area contributed by atoms with E-state index < -0.39 is 105 Å². The second-order valence-corrected chi connectivity index (χ2v) is 12.6. The van der Waals surface area contributed by atoms with Crippen LogP contribution in [0.4, 0.5) is 0 Å². The van der Waals surface area contributed by atoms with Crippen LogP contribution in [0.15, 0.2) is 0 Å². The molecule has 0 radical (unpaired) electrons. The first-order valence-electron chi connectivity index (χ1n) is 15.2. The summed E-state index contributed by atoms with van der Waals surface area (Å²) in [6.45, 7) is -0.721. The molecule has 3 saturated heterocycles. The third-order valence-corrected chi connectivity index (χ3v) is 9.43. The van der Waals surface area contributed by atoms with E-state index in [0.29, 0.717) is 18.8 Å². The lowest BCUT2D eigenvalue weighted by Crippen LogP contribution is -2.65. The number of aliphatic hydroxyl groups excluding tert-OH is 5. The summed E-state index contributed by atoms with van der Waals surface area (Å²) in [6, 6.07) is -3.27. The molecule has 0 aromatic carbocycles. The maximum Gasteiger partial charge on any atom is 0.187 e. The lowest BCUT2D eigenvalue weighted by molar-refractivity contribution is -0.290. The molecule has 0 aromatic heterocycles. The number of hydrogen-bond donors (Lipinski definition) is 11. The monoisotopic (exact) mass is 622 g/mol. The SMILES string of the molecule is NCC1OC(OC2C(CO)OC(OC3C(O)C(N)CC(N)C3OC3OC(C(N)C4CC4)CCC3N)C2O)C(N)C(O)C1O. The van der Waals surface area contributed by atoms with Crippen LogP contribution in [0, 0.1) is 5.92 Å². The Morgan fingerprint density at radius 1 is 0.651 bits per heavy atom. The zero-order chi connectivity index (χ0) is 31.2. The van der Waals surface area contributed by atoms with E-state index in [4.69, 9.17) is 62.8 Å². The topological polar surface area (TPSA) is 313 Å². The molecule has 17 nitrogen and oxygen atoms in total. The van der Waals surface area contributed by atoms with Gasteiger partial charge in [0.15, 0.2) is 18.9 Å². The maximum atomic E-state index is 11.2. The van der Waals surface area contributed by atoms with Crippen molar-refractivity contribution in [2.24, 2.45) is 40.3 Å². The highest BCUT2D eigenvalue weighted by Crippen LogP contribution is 2.38. The van der Waals surface area contributed by atoms with Crippen molar-refractivity contribution in [3.8, 4) is 0 Å². The van der Waals surface area contributed by atoms with Crippen LogP contribution >= 0.6 is 0 Å². The second kappa shape index (κ2) is 14.0. The predicted molar refractivity (Wildman–Crippen MR) is 147 cm³/mol. The Hall–Kier alpha value is -0.680. The largest absolute Gasteiger partial charge is 0.394 e. The minimum absolute atomic E-state index is 0.132. The van der Waals surface area contributed by atoms with Gasteiger partial charge in [-0.2, -0.15) is 0 Å². The highest BCUT2D eigenvalue weighted by molar-refractivity contribution is 5.01. The van der Waals surface area contributed by atoms with Gasteiger partial charge in [0.2, 0.25) is 0 Å². The Morgan fingerprint density at radius 3 is 1.95 bits per heavy atom. The third kappa shape index (κ3) is 7.03. The molecular weight excluding hydrogens is 572 g/mol. The average Bonchev–Trinajstić information content (AvgIpc) is 3.80. The molecule has 5 rings (SSSR count). The molecule has 250 valence electrons. The van der Waals surface area contributed by atoms with Gasteiger partial charge in [-0.25, -0.2) is 0 Å². The number of hydrogen-bond acceptors (Lipinski definition) is 17. The molecular formula is C26H50N6O11. The van der Waals surface area contributed by atoms with Gasteiger partial charge >= 0.3 is 0 Å². The predicted octanol–water partition coefficient (Wildman–Crippen LogP) is -6.06. The van der Waals surface area contributed by atoms with Gasteiger partial charge in [0.05, 0.1) is 30.9 Å². The van der Waals surface area contributed by atoms with Crippen molar-refractivity contribution in [3.05, 3.63) is 0 Å². The Bertz CT molecular complexity index is 910. The van der Waals surface area contributed by atoms with Crippen LogP contribution in [0.5, 0.6) is 0 Å². The van der Waals surface area contributed by atoms with Crippen LogP contribution in [0.25, 0.3) is 0 Å². The molecule has 0 amide bonds. The Balaban J connectivity index is 1.28. The quantitative estimate of drug-likeness (QED) is 0.108. The van der Waals surface area contributed by atoms with E-state index in [9.17, 15) is 25.5 Å². The first-order valence-corrected chi connectivity index (χ1v) is 15.2. The molecule has 2 saturated carbocycles. The van der Waals surface area contributed by atoms with E-state index in [1.54, 1.807) is 0 Å². The van der Waals surface area contributed by atoms with Crippen molar-refractivity contribution in [2.75, 3.05) is 13.2 Å². The Kier molecular flexibility index (Phi) is 10.9. The van der Waals surface area contributed by atoms with Crippen molar-refractivity contribution in [1.82, 2.24) is 0 Å². The average molecular weight is 623 g/mol. The smallest absolute Gasteiger partial charge is 0.187 e. The standard InChI is InChI=1S/C26H50N6O11/c27-6-13-18(35)19(36)16(32)25(39-13)42-22-14(7-33)40-26(20(22)37)43-23-17(34)10(29)5-11(30)21(23)41-24-9(28)3-4-12(38-24)15(31)8-1-2-8/h8-26,33-37H,1-7,27-32H2. The highest BCUT2D eigenvalue weighted by Gasteiger charge is 2.53. The minimum Gasteiger partial charge on any atom is -0.394 e. The van der Waals surface area contributed by atoms with E-state index >= 15 is 0 Å². The van der Waals surface area contributed by atoms with Crippen molar-refractivity contribution in [2.45, 2.75) is 142 Å². The van der Waals surface area contributed by atoms with Crippen LogP contribution in [0.1, 0.15) is 32.1 Å². The van der Waals surface area contributed by atoms with Crippen molar-refractivity contribution < 1.29 is 54.0 Å². The van der Waals surface area contributed by atoms with Gasteiger partial charge < -0.3 is 88.4 Å². The van der Waals surface area contributed by atoms with Crippen LogP contribution in [-0.2, 0) is 28.4 Å². The number of nitrogens with two attached hydrogens (primary N) is 6. The molecule has 0 spiro atoms. The summed E-state index contributed by atoms with van der Waals surface area (Å²) < 4.78 is 35.8. The summed E-state index contributed by atoms with van der Waals surface area (Å²) in [5, 5.41) is 52.8. The minimum atomic E-state index is -1.52. The molecule has 0 bridgehead atoms. The lowest BCUT2D eigenvalue weighted by Gasteiger charge is -2.46. The van der Waals surface area contributed by atoms with E-state index in [-0.39, 0.29) is 25.1 Å². The van der Waals surface area contributed by atoms with Crippen molar-refractivity contribution in [3.63, 3.8) is 0 Å². The Morgan fingerprint density at radius 2 is 1.30 bits per heavy atom. The third-order valence-electron chi connectivity index (χ3n) is 9.43. The van der Waals surface area contributed by atoms with Crippen LogP contribution in [0.3, 0.4) is 0 Å². The molecule has 3 aliphatic heterocycles. The zero-order valence-corrected chi connectivity index (χ0v) is 24.1. The molecule has 2 aliphatic carbocycles. The summed E-state index contributed by atoms with van der Waals surface area (Å²) in [5.41, 5.74) is 37.0. The van der Waals surface area contributed by atoms with Gasteiger partial charge in [0.1, 0.15) is 48.8 Å². The fraction of sp³-hybridized carbons (Fsp3) is 1.00. The van der Waals surface area contributed by atoms with Crippen LogP contribution in [0.2, 0.25) is 0 Å². The normalized spacial score (nSPS) is 51.8. The first-order chi connectivity index (χ1) is 20.4. The molecule has 43 heavy (non-hydrogen) atoms. The van der Waals surface area contributed by atoms with Gasteiger partial charge in [0, 0.05) is 24.7 Å². The molecule has 18 atom stereocenters. The Labute approximate surface area is 250 Å². The fourth-order valence-corrected chi connectivity index (χ4v) is 6.51. The highest BCUT2D eigenvalue weighted by atomic mass is 16.8. The summed E-state index contributed by atoms with van der Waals surface area (Å²) in [4.78, 5) is 0. The lowest BCUT2D eigenvalue weighted by atomic mass is 9.84. The number of aliphatic hydroxyl groups is 5. The van der Waals surface area contributed by atoms with Crippen LogP contribution in [-0.4, -0.2) is 149 Å². The summed E-state index contributed by atoms with van der Waals surface area (Å²) in [5.74, 6) is 0.409. The van der Waals surface area contributed by atoms with E-state index in [1.165, 1.54) is 0 Å². The molecule has 18 unspecified atom stereocenters. The van der Waals surface area contributed by atoms with Gasteiger partial charge in [-0.3, -0.25) is 0 Å². The van der Waals surface area contributed by atoms with E-state index in [2.05, 4.69) is 0 Å². The van der Waals surface area contributed by atoms with Crippen molar-refractivity contribution >= 4 is 0 Å². The molecule has 17 N–H and O–H groups in total. The summed E-state index contributed by atoms with van der Waals surface area (Å²) in [6.07, 6.45) is -11.2. The molecule has 5 aliphatic rings. The van der Waals surface area contributed by atoms with E-state index in [0.717, 1.165) is 12.8 Å². The second-order valence-electron chi connectivity index (χ2n) is 12.6. The molecule has 3 heterocycles. The molecule has 0 aromatic rings. The zero-order valence-electron chi connectivity index (χ0n) is 24.1. The summed E-state index contributed by atoms with van der Waals surface area (Å²) >= 11 is 0. The number of ether oxygens (including phenoxy) is 6. The first kappa shape index (κ1) is 33.7. The van der Waals surface area contributed by atoms with Crippen molar-refractivity contribution in [1.29, 1.82) is 0 Å². The maximum absolute atomic E-state index is 11.2. The number of rotatable bonds is 10. The van der Waals surface area contributed by atoms with Crippen LogP contribution < -0.4 is 34.4 Å². The van der Waals surface area contributed by atoms with Gasteiger partial charge in [-0.15, -0.1) is 0 Å². The van der Waals surface area contributed by atoms with Gasteiger partial charge in [-0.1, -0.05) is 0 Å². The van der Waals surface area contributed by atoms with E-state index in [1.807, 2.05) is 0 Å².